The van der Waals surface area contributed by atoms with E-state index in [0.717, 1.165) is 0 Å². The van der Waals surface area contributed by atoms with Crippen molar-refractivity contribution in [2.75, 3.05) is 6.61 Å². The third kappa shape index (κ3) is 2.95. The van der Waals surface area contributed by atoms with Gasteiger partial charge in [0.05, 0.1) is 17.4 Å². The van der Waals surface area contributed by atoms with Crippen LogP contribution in [-0.4, -0.2) is 26.4 Å². The van der Waals surface area contributed by atoms with Crippen LogP contribution in [0.15, 0.2) is 24.8 Å². The van der Waals surface area contributed by atoms with Crippen LogP contribution in [0, 0.1) is 11.8 Å². The van der Waals surface area contributed by atoms with Crippen LogP contribution >= 0.6 is 11.6 Å². The Hall–Kier alpha value is -2.06. The maximum atomic E-state index is 5.78. The predicted molar refractivity (Wildman–Crippen MR) is 63.1 cm³/mol. The van der Waals surface area contributed by atoms with Gasteiger partial charge < -0.3 is 4.74 Å². The summed E-state index contributed by atoms with van der Waals surface area (Å²) in [5, 5.41) is 4.58. The summed E-state index contributed by atoms with van der Waals surface area (Å²) in [7, 11) is 0. The Labute approximate surface area is 103 Å². The molecule has 2 aromatic heterocycles. The van der Waals surface area contributed by atoms with Gasteiger partial charge in [-0.25, -0.2) is 14.6 Å². The van der Waals surface area contributed by atoms with E-state index >= 15 is 0 Å². The molecule has 2 heterocycles. The van der Waals surface area contributed by atoms with Gasteiger partial charge >= 0.3 is 0 Å². The number of rotatable bonds is 3. The van der Waals surface area contributed by atoms with Gasteiger partial charge in [-0.3, -0.25) is 0 Å². The highest BCUT2D eigenvalue weighted by molar-refractivity contribution is 6.30. The average Bonchev–Trinajstić information content (AvgIpc) is 2.77. The molecular formula is C11H9ClN4O. The molecule has 6 heteroatoms. The fourth-order valence-corrected chi connectivity index (χ4v) is 1.28. The molecule has 0 radical (unpaired) electrons. The van der Waals surface area contributed by atoms with Crippen LogP contribution in [0.1, 0.15) is 6.92 Å². The van der Waals surface area contributed by atoms with E-state index < -0.39 is 0 Å². The first-order chi connectivity index (χ1) is 8.29. The Morgan fingerprint density at radius 3 is 3.06 bits per heavy atom. The maximum Gasteiger partial charge on any atom is 0.219 e. The lowest BCUT2D eigenvalue weighted by Gasteiger charge is -2.03. The standard InChI is InChI=1S/C11H9ClN4O/c1-2-3-4-17-11-5-10(13-8-14-11)16-7-9(12)6-15-16/h5-8H,4H2,1H3. The Kier molecular flexibility index (Phi) is 3.58. The predicted octanol–water partition coefficient (Wildman–Crippen LogP) is 1.72. The molecule has 0 fully saturated rings. The van der Waals surface area contributed by atoms with Gasteiger partial charge in [-0.2, -0.15) is 5.10 Å². The van der Waals surface area contributed by atoms with Gasteiger partial charge in [-0.05, 0) is 6.92 Å². The summed E-state index contributed by atoms with van der Waals surface area (Å²) in [6.07, 6.45) is 4.59. The zero-order valence-corrected chi connectivity index (χ0v) is 9.85. The van der Waals surface area contributed by atoms with Crippen molar-refractivity contribution in [1.29, 1.82) is 0 Å². The molecule has 2 rings (SSSR count). The summed E-state index contributed by atoms with van der Waals surface area (Å²) in [4.78, 5) is 8.03. The summed E-state index contributed by atoms with van der Waals surface area (Å²) in [6.45, 7) is 2.05. The lowest BCUT2D eigenvalue weighted by molar-refractivity contribution is 0.354. The molecule has 0 saturated carbocycles. The van der Waals surface area contributed by atoms with Crippen molar-refractivity contribution in [2.45, 2.75) is 6.92 Å². The lowest BCUT2D eigenvalue weighted by atomic mass is 10.5. The molecule has 0 aliphatic rings. The highest BCUT2D eigenvalue weighted by atomic mass is 35.5. The first-order valence-electron chi connectivity index (χ1n) is 4.84. The average molecular weight is 249 g/mol. The van der Waals surface area contributed by atoms with E-state index in [1.165, 1.54) is 12.5 Å². The second-order valence-electron chi connectivity index (χ2n) is 3.03. The molecule has 0 bridgehead atoms. The van der Waals surface area contributed by atoms with E-state index in [1.54, 1.807) is 23.9 Å². The third-order valence-electron chi connectivity index (χ3n) is 1.88. The SMILES string of the molecule is CC#CCOc1cc(-n2cc(Cl)cn2)ncn1. The summed E-state index contributed by atoms with van der Waals surface area (Å²) < 4.78 is 6.86. The fourth-order valence-electron chi connectivity index (χ4n) is 1.14. The number of halogens is 1. The second-order valence-corrected chi connectivity index (χ2v) is 3.47. The van der Waals surface area contributed by atoms with Gasteiger partial charge in [0.25, 0.3) is 0 Å². The second kappa shape index (κ2) is 5.32. The number of aromatic nitrogens is 4. The Morgan fingerprint density at radius 1 is 1.47 bits per heavy atom. The van der Waals surface area contributed by atoms with E-state index in [2.05, 4.69) is 26.9 Å². The van der Waals surface area contributed by atoms with E-state index in [1.807, 2.05) is 0 Å². The minimum atomic E-state index is 0.298. The van der Waals surface area contributed by atoms with Crippen molar-refractivity contribution in [3.05, 3.63) is 29.8 Å². The molecule has 17 heavy (non-hydrogen) atoms. The first-order valence-corrected chi connectivity index (χ1v) is 5.22. The summed E-state index contributed by atoms with van der Waals surface area (Å²) in [6, 6.07) is 1.67. The topological polar surface area (TPSA) is 52.8 Å². The monoisotopic (exact) mass is 248 g/mol. The molecule has 0 N–H and O–H groups in total. The smallest absolute Gasteiger partial charge is 0.219 e. The highest BCUT2D eigenvalue weighted by Crippen LogP contribution is 2.13. The van der Waals surface area contributed by atoms with Crippen LogP contribution in [-0.2, 0) is 0 Å². The maximum absolute atomic E-state index is 5.78. The van der Waals surface area contributed by atoms with Crippen LogP contribution in [0.2, 0.25) is 5.02 Å². The number of ether oxygens (including phenoxy) is 1. The minimum Gasteiger partial charge on any atom is -0.464 e. The van der Waals surface area contributed by atoms with Gasteiger partial charge in [0.15, 0.2) is 12.4 Å². The largest absolute Gasteiger partial charge is 0.464 e. The molecule has 0 unspecified atom stereocenters. The van der Waals surface area contributed by atoms with Crippen molar-refractivity contribution < 1.29 is 4.74 Å². The molecule has 0 spiro atoms. The zero-order valence-electron chi connectivity index (χ0n) is 9.09. The van der Waals surface area contributed by atoms with Crippen LogP contribution in [0.25, 0.3) is 5.82 Å². The molecule has 0 amide bonds. The van der Waals surface area contributed by atoms with Crippen molar-refractivity contribution in [3.63, 3.8) is 0 Å². The van der Waals surface area contributed by atoms with Crippen LogP contribution in [0.5, 0.6) is 5.88 Å². The van der Waals surface area contributed by atoms with Gasteiger partial charge in [0.1, 0.15) is 6.33 Å². The van der Waals surface area contributed by atoms with Crippen molar-refractivity contribution in [2.24, 2.45) is 0 Å². The van der Waals surface area contributed by atoms with Crippen LogP contribution < -0.4 is 4.74 Å². The van der Waals surface area contributed by atoms with Gasteiger partial charge in [-0.15, -0.1) is 5.92 Å². The number of hydrogen-bond donors (Lipinski definition) is 0. The highest BCUT2D eigenvalue weighted by Gasteiger charge is 2.03. The number of hydrogen-bond acceptors (Lipinski definition) is 4. The lowest BCUT2D eigenvalue weighted by Crippen LogP contribution is -2.01. The Morgan fingerprint density at radius 2 is 2.35 bits per heavy atom. The zero-order chi connectivity index (χ0) is 12.1. The van der Waals surface area contributed by atoms with E-state index in [-0.39, 0.29) is 0 Å². The molecule has 0 aliphatic heterocycles. The molecular weight excluding hydrogens is 240 g/mol. The molecule has 5 nitrogen and oxygen atoms in total. The molecule has 0 aromatic carbocycles. The summed E-state index contributed by atoms with van der Waals surface area (Å²) in [5.41, 5.74) is 0. The quantitative estimate of drug-likeness (QED) is 0.776. The van der Waals surface area contributed by atoms with E-state index in [4.69, 9.17) is 16.3 Å². The van der Waals surface area contributed by atoms with Gasteiger partial charge in [0.2, 0.25) is 5.88 Å². The Balaban J connectivity index is 2.18. The number of nitrogens with zero attached hydrogens (tertiary/aromatic N) is 4. The minimum absolute atomic E-state index is 0.298. The molecule has 0 saturated heterocycles. The van der Waals surface area contributed by atoms with Crippen molar-refractivity contribution >= 4 is 11.6 Å². The molecule has 0 aliphatic carbocycles. The molecule has 86 valence electrons. The normalized spacial score (nSPS) is 9.53. The van der Waals surface area contributed by atoms with Crippen LogP contribution in [0.3, 0.4) is 0 Å². The summed E-state index contributed by atoms with van der Waals surface area (Å²) >= 11 is 5.78. The van der Waals surface area contributed by atoms with E-state index in [0.29, 0.717) is 23.3 Å². The third-order valence-corrected chi connectivity index (χ3v) is 2.08. The molecule has 2 aromatic rings. The van der Waals surface area contributed by atoms with Gasteiger partial charge in [-0.1, -0.05) is 17.5 Å². The fraction of sp³-hybridized carbons (Fsp3) is 0.182. The Bertz CT molecular complexity index is 570. The van der Waals surface area contributed by atoms with Crippen LogP contribution in [0.4, 0.5) is 0 Å². The summed E-state index contributed by atoms with van der Waals surface area (Å²) in [5.74, 6) is 6.56. The first kappa shape index (κ1) is 11.4. The van der Waals surface area contributed by atoms with Crippen molar-refractivity contribution in [1.82, 2.24) is 19.7 Å². The van der Waals surface area contributed by atoms with Gasteiger partial charge in [0, 0.05) is 6.07 Å². The molecule has 0 atom stereocenters. The van der Waals surface area contributed by atoms with E-state index in [9.17, 15) is 0 Å². The van der Waals surface area contributed by atoms with Crippen molar-refractivity contribution in [3.8, 4) is 23.5 Å².